The second-order valence-corrected chi connectivity index (χ2v) is 4.97. The first-order valence-corrected chi connectivity index (χ1v) is 5.21. The standard InChI is InChI=1S/C13H14FNO/c1-13(2,3)11-7-15-12(16)9-5-4-8(14)6-10(9)11/h4-7H,1-3H3,(H,15,16). The highest BCUT2D eigenvalue weighted by Crippen LogP contribution is 2.27. The highest BCUT2D eigenvalue weighted by atomic mass is 19.1. The first-order valence-electron chi connectivity index (χ1n) is 5.21. The fraction of sp³-hybridized carbons (Fsp3) is 0.308. The molecule has 0 fully saturated rings. The summed E-state index contributed by atoms with van der Waals surface area (Å²) in [6, 6.07) is 4.26. The summed E-state index contributed by atoms with van der Waals surface area (Å²) in [6.45, 7) is 6.10. The molecule has 0 radical (unpaired) electrons. The first kappa shape index (κ1) is 10.9. The number of nitrogens with one attached hydrogen (secondary N) is 1. The number of fused-ring (bicyclic) bond motifs is 1. The highest BCUT2D eigenvalue weighted by Gasteiger charge is 2.18. The molecule has 16 heavy (non-hydrogen) atoms. The van der Waals surface area contributed by atoms with Gasteiger partial charge in [0.2, 0.25) is 0 Å². The van der Waals surface area contributed by atoms with Crippen molar-refractivity contribution in [3.8, 4) is 0 Å². The van der Waals surface area contributed by atoms with Crippen LogP contribution in [0.4, 0.5) is 4.39 Å². The summed E-state index contributed by atoms with van der Waals surface area (Å²) in [7, 11) is 0. The molecule has 0 aliphatic heterocycles. The smallest absolute Gasteiger partial charge is 0.255 e. The largest absolute Gasteiger partial charge is 0.328 e. The lowest BCUT2D eigenvalue weighted by atomic mass is 9.85. The van der Waals surface area contributed by atoms with E-state index in [9.17, 15) is 9.18 Å². The Kier molecular flexibility index (Phi) is 2.34. The Labute approximate surface area is 93.1 Å². The second kappa shape index (κ2) is 3.44. The van der Waals surface area contributed by atoms with E-state index in [1.807, 2.05) is 20.8 Å². The van der Waals surface area contributed by atoms with Crippen LogP contribution in [0.1, 0.15) is 26.3 Å². The van der Waals surface area contributed by atoms with Gasteiger partial charge in [0, 0.05) is 11.6 Å². The van der Waals surface area contributed by atoms with Crippen LogP contribution in [0.2, 0.25) is 0 Å². The maximum atomic E-state index is 13.2. The number of benzene rings is 1. The number of hydrogen-bond donors (Lipinski definition) is 1. The summed E-state index contributed by atoms with van der Waals surface area (Å²) < 4.78 is 13.2. The molecule has 1 aromatic carbocycles. The van der Waals surface area contributed by atoms with Gasteiger partial charge in [0.15, 0.2) is 0 Å². The van der Waals surface area contributed by atoms with Gasteiger partial charge in [0.05, 0.1) is 0 Å². The van der Waals surface area contributed by atoms with Crippen molar-refractivity contribution in [2.45, 2.75) is 26.2 Å². The van der Waals surface area contributed by atoms with Crippen LogP contribution in [0.3, 0.4) is 0 Å². The van der Waals surface area contributed by atoms with Crippen LogP contribution in [0.15, 0.2) is 29.2 Å². The number of pyridine rings is 1. The van der Waals surface area contributed by atoms with E-state index >= 15 is 0 Å². The van der Waals surface area contributed by atoms with E-state index < -0.39 is 0 Å². The first-order chi connectivity index (χ1) is 7.39. The van der Waals surface area contributed by atoms with Gasteiger partial charge in [0.25, 0.3) is 5.56 Å². The average molecular weight is 219 g/mol. The number of aromatic amines is 1. The van der Waals surface area contributed by atoms with E-state index in [0.29, 0.717) is 10.8 Å². The maximum absolute atomic E-state index is 13.2. The van der Waals surface area contributed by atoms with Crippen molar-refractivity contribution in [2.75, 3.05) is 0 Å². The van der Waals surface area contributed by atoms with Crippen molar-refractivity contribution in [1.82, 2.24) is 4.98 Å². The van der Waals surface area contributed by atoms with Crippen molar-refractivity contribution in [1.29, 1.82) is 0 Å². The molecule has 2 rings (SSSR count). The number of aromatic nitrogens is 1. The molecule has 1 aromatic heterocycles. The molecule has 1 N–H and O–H groups in total. The molecule has 2 aromatic rings. The number of rotatable bonds is 0. The summed E-state index contributed by atoms with van der Waals surface area (Å²) in [5.41, 5.74) is 0.639. The zero-order valence-corrected chi connectivity index (χ0v) is 9.60. The topological polar surface area (TPSA) is 32.9 Å². The van der Waals surface area contributed by atoms with Crippen molar-refractivity contribution in [2.24, 2.45) is 0 Å². The monoisotopic (exact) mass is 219 g/mol. The van der Waals surface area contributed by atoms with Gasteiger partial charge in [-0.2, -0.15) is 0 Å². The van der Waals surface area contributed by atoms with Gasteiger partial charge < -0.3 is 4.98 Å². The lowest BCUT2D eigenvalue weighted by Crippen LogP contribution is -2.16. The molecule has 0 spiro atoms. The zero-order chi connectivity index (χ0) is 11.9. The van der Waals surface area contributed by atoms with Crippen LogP contribution < -0.4 is 5.56 Å². The minimum atomic E-state index is -0.316. The normalized spacial score (nSPS) is 12.0. The van der Waals surface area contributed by atoms with Crippen molar-refractivity contribution < 1.29 is 4.39 Å². The van der Waals surface area contributed by atoms with E-state index in [2.05, 4.69) is 4.98 Å². The molecule has 0 saturated heterocycles. The summed E-state index contributed by atoms with van der Waals surface area (Å²) in [4.78, 5) is 14.3. The van der Waals surface area contributed by atoms with Crippen molar-refractivity contribution in [3.05, 3.63) is 46.1 Å². The maximum Gasteiger partial charge on any atom is 0.255 e. The van der Waals surface area contributed by atoms with E-state index in [-0.39, 0.29) is 16.8 Å². The molecular weight excluding hydrogens is 205 g/mol. The average Bonchev–Trinajstić information content (AvgIpc) is 2.15. The SMILES string of the molecule is CC(C)(C)c1c[nH]c(=O)c2ccc(F)cc12. The molecule has 1 heterocycles. The van der Waals surface area contributed by atoms with Crippen LogP contribution in [0.25, 0.3) is 10.8 Å². The summed E-state index contributed by atoms with van der Waals surface area (Å²) >= 11 is 0. The van der Waals surface area contributed by atoms with Crippen LogP contribution >= 0.6 is 0 Å². The van der Waals surface area contributed by atoms with E-state index in [1.54, 1.807) is 6.20 Å². The van der Waals surface area contributed by atoms with Crippen molar-refractivity contribution in [3.63, 3.8) is 0 Å². The van der Waals surface area contributed by atoms with Gasteiger partial charge in [-0.05, 0) is 34.6 Å². The molecular formula is C13H14FNO. The summed E-state index contributed by atoms with van der Waals surface area (Å²) in [5, 5.41) is 1.23. The fourth-order valence-electron chi connectivity index (χ4n) is 1.85. The number of hydrogen-bond acceptors (Lipinski definition) is 1. The molecule has 0 atom stereocenters. The predicted octanol–water partition coefficient (Wildman–Crippen LogP) is 2.96. The zero-order valence-electron chi connectivity index (χ0n) is 9.60. The van der Waals surface area contributed by atoms with Crippen LogP contribution in [0.5, 0.6) is 0 Å². The molecule has 0 bridgehead atoms. The Morgan fingerprint density at radius 3 is 2.50 bits per heavy atom. The summed E-state index contributed by atoms with van der Waals surface area (Å²) in [6.07, 6.45) is 1.67. The lowest BCUT2D eigenvalue weighted by molar-refractivity contribution is 0.591. The highest BCUT2D eigenvalue weighted by molar-refractivity contribution is 5.85. The fourth-order valence-corrected chi connectivity index (χ4v) is 1.85. The van der Waals surface area contributed by atoms with Gasteiger partial charge in [-0.25, -0.2) is 4.39 Å². The van der Waals surface area contributed by atoms with Crippen LogP contribution in [-0.4, -0.2) is 4.98 Å². The number of halogens is 1. The van der Waals surface area contributed by atoms with Gasteiger partial charge in [-0.1, -0.05) is 20.8 Å². The predicted molar refractivity (Wildman–Crippen MR) is 63.2 cm³/mol. The molecule has 0 unspecified atom stereocenters. The molecule has 0 saturated carbocycles. The minimum absolute atomic E-state index is 0.129. The Hall–Kier alpha value is -1.64. The lowest BCUT2D eigenvalue weighted by Gasteiger charge is -2.20. The van der Waals surface area contributed by atoms with Gasteiger partial charge in [0.1, 0.15) is 5.82 Å². The van der Waals surface area contributed by atoms with E-state index in [1.165, 1.54) is 18.2 Å². The van der Waals surface area contributed by atoms with Crippen molar-refractivity contribution >= 4 is 10.8 Å². The quantitative estimate of drug-likeness (QED) is 0.726. The third kappa shape index (κ3) is 1.73. The summed E-state index contributed by atoms with van der Waals surface area (Å²) in [5.74, 6) is -0.316. The molecule has 0 aliphatic carbocycles. The Morgan fingerprint density at radius 2 is 1.88 bits per heavy atom. The second-order valence-electron chi connectivity index (χ2n) is 4.97. The molecule has 0 aliphatic rings. The Morgan fingerprint density at radius 1 is 1.19 bits per heavy atom. The van der Waals surface area contributed by atoms with Crippen LogP contribution in [0, 0.1) is 5.82 Å². The molecule has 2 nitrogen and oxygen atoms in total. The Balaban J connectivity index is 2.92. The minimum Gasteiger partial charge on any atom is -0.328 e. The van der Waals surface area contributed by atoms with Crippen LogP contribution in [-0.2, 0) is 5.41 Å². The van der Waals surface area contributed by atoms with E-state index in [4.69, 9.17) is 0 Å². The Bertz CT molecular complexity index is 593. The van der Waals surface area contributed by atoms with Gasteiger partial charge >= 0.3 is 0 Å². The molecule has 84 valence electrons. The number of H-pyrrole nitrogens is 1. The molecule has 3 heteroatoms. The molecule has 0 amide bonds. The van der Waals surface area contributed by atoms with Gasteiger partial charge in [-0.15, -0.1) is 0 Å². The van der Waals surface area contributed by atoms with E-state index in [0.717, 1.165) is 5.56 Å². The third-order valence-electron chi connectivity index (χ3n) is 2.67. The van der Waals surface area contributed by atoms with Gasteiger partial charge in [-0.3, -0.25) is 4.79 Å². The third-order valence-corrected chi connectivity index (χ3v) is 2.67.